The number of halogens is 1. The van der Waals surface area contributed by atoms with Gasteiger partial charge in [-0.3, -0.25) is 0 Å². The second kappa shape index (κ2) is 5.24. The fraction of sp³-hybridized carbons (Fsp3) is 0.250. The van der Waals surface area contributed by atoms with Gasteiger partial charge >= 0.3 is 0 Å². The van der Waals surface area contributed by atoms with Crippen LogP contribution in [0.5, 0.6) is 5.75 Å². The van der Waals surface area contributed by atoms with E-state index in [0.717, 1.165) is 23.4 Å². The number of aryl methyl sites for hydroxylation is 1. The highest BCUT2D eigenvalue weighted by molar-refractivity contribution is 6.30. The molecule has 0 amide bonds. The third-order valence-electron chi connectivity index (χ3n) is 3.71. The zero-order valence-electron chi connectivity index (χ0n) is 10.6. The molecule has 1 aliphatic rings. The predicted molar refractivity (Wildman–Crippen MR) is 77.5 cm³/mol. The third-order valence-corrected chi connectivity index (χ3v) is 3.95. The first-order valence-corrected chi connectivity index (χ1v) is 6.90. The van der Waals surface area contributed by atoms with Crippen molar-refractivity contribution in [2.75, 3.05) is 0 Å². The Labute approximate surface area is 118 Å². The molecule has 98 valence electrons. The first-order valence-electron chi connectivity index (χ1n) is 6.52. The molecule has 0 spiro atoms. The zero-order valence-corrected chi connectivity index (χ0v) is 11.3. The lowest BCUT2D eigenvalue weighted by molar-refractivity contribution is 0.456. The van der Waals surface area contributed by atoms with Crippen molar-refractivity contribution in [2.24, 2.45) is 0 Å². The van der Waals surface area contributed by atoms with Gasteiger partial charge in [-0.15, -0.1) is 0 Å². The molecule has 1 aliphatic carbocycles. The first-order chi connectivity index (χ1) is 9.24. The number of fused-ring (bicyclic) bond motifs is 1. The summed E-state index contributed by atoms with van der Waals surface area (Å²) in [6, 6.07) is 13.9. The summed E-state index contributed by atoms with van der Waals surface area (Å²) >= 11 is 6.01. The van der Waals surface area contributed by atoms with Crippen LogP contribution in [0.2, 0.25) is 5.02 Å². The molecular formula is C16H16ClNO. The summed E-state index contributed by atoms with van der Waals surface area (Å²) in [5.74, 6) is 0.351. The lowest BCUT2D eigenvalue weighted by atomic mass is 10.1. The molecule has 0 heterocycles. The number of nitrogens with one attached hydrogen (secondary N) is 1. The van der Waals surface area contributed by atoms with Gasteiger partial charge in [0.1, 0.15) is 5.75 Å². The molecule has 2 aromatic carbocycles. The van der Waals surface area contributed by atoms with Crippen molar-refractivity contribution in [3.63, 3.8) is 0 Å². The van der Waals surface area contributed by atoms with Crippen LogP contribution in [0.3, 0.4) is 0 Å². The summed E-state index contributed by atoms with van der Waals surface area (Å²) in [5, 5.41) is 14.1. The van der Waals surface area contributed by atoms with Crippen molar-refractivity contribution in [1.29, 1.82) is 0 Å². The average molecular weight is 274 g/mol. The molecule has 2 nitrogen and oxygen atoms in total. The fourth-order valence-corrected chi connectivity index (χ4v) is 2.89. The van der Waals surface area contributed by atoms with Gasteiger partial charge in [0.25, 0.3) is 0 Å². The van der Waals surface area contributed by atoms with Gasteiger partial charge in [0.05, 0.1) is 0 Å². The molecule has 0 aromatic heterocycles. The number of phenols is 1. The molecular weight excluding hydrogens is 258 g/mol. The van der Waals surface area contributed by atoms with Gasteiger partial charge in [-0.1, -0.05) is 35.9 Å². The molecule has 3 rings (SSSR count). The number of hydrogen-bond acceptors (Lipinski definition) is 2. The molecule has 1 unspecified atom stereocenters. The molecule has 2 N–H and O–H groups in total. The van der Waals surface area contributed by atoms with E-state index in [9.17, 15) is 5.11 Å². The van der Waals surface area contributed by atoms with Crippen molar-refractivity contribution >= 4 is 11.6 Å². The van der Waals surface area contributed by atoms with Gasteiger partial charge in [0.15, 0.2) is 0 Å². The number of para-hydroxylation sites is 1. The van der Waals surface area contributed by atoms with Crippen LogP contribution in [0.25, 0.3) is 0 Å². The van der Waals surface area contributed by atoms with E-state index in [4.69, 9.17) is 11.6 Å². The van der Waals surface area contributed by atoms with E-state index in [2.05, 4.69) is 17.4 Å². The van der Waals surface area contributed by atoms with Crippen molar-refractivity contribution in [3.8, 4) is 5.75 Å². The van der Waals surface area contributed by atoms with Crippen molar-refractivity contribution in [1.82, 2.24) is 5.32 Å². The Kier molecular flexibility index (Phi) is 3.45. The number of hydrogen-bond donors (Lipinski definition) is 2. The summed E-state index contributed by atoms with van der Waals surface area (Å²) < 4.78 is 0. The Morgan fingerprint density at radius 1 is 1.21 bits per heavy atom. The highest BCUT2D eigenvalue weighted by Gasteiger charge is 2.22. The maximum absolute atomic E-state index is 9.76. The maximum Gasteiger partial charge on any atom is 0.120 e. The van der Waals surface area contributed by atoms with Crippen molar-refractivity contribution in [2.45, 2.75) is 25.4 Å². The van der Waals surface area contributed by atoms with Gasteiger partial charge < -0.3 is 10.4 Å². The van der Waals surface area contributed by atoms with E-state index in [1.165, 1.54) is 11.1 Å². The molecule has 0 fully saturated rings. The van der Waals surface area contributed by atoms with E-state index in [1.54, 1.807) is 6.07 Å². The summed E-state index contributed by atoms with van der Waals surface area (Å²) in [6.07, 6.45) is 2.15. The summed E-state index contributed by atoms with van der Waals surface area (Å²) in [4.78, 5) is 0. The Hall–Kier alpha value is -1.51. The van der Waals surface area contributed by atoms with Gasteiger partial charge in [-0.25, -0.2) is 0 Å². The molecule has 19 heavy (non-hydrogen) atoms. The minimum atomic E-state index is 0.351. The average Bonchev–Trinajstić information content (AvgIpc) is 2.80. The SMILES string of the molecule is Oc1ccccc1CNC1CCc2cc(Cl)ccc21. The van der Waals surface area contributed by atoms with Gasteiger partial charge in [-0.05, 0) is 42.2 Å². The highest BCUT2D eigenvalue weighted by Crippen LogP contribution is 2.33. The largest absolute Gasteiger partial charge is 0.508 e. The van der Waals surface area contributed by atoms with Crippen molar-refractivity contribution < 1.29 is 5.11 Å². The normalized spacial score (nSPS) is 17.4. The van der Waals surface area contributed by atoms with Crippen LogP contribution in [-0.2, 0) is 13.0 Å². The molecule has 0 aliphatic heterocycles. The number of benzene rings is 2. The topological polar surface area (TPSA) is 32.3 Å². The van der Waals surface area contributed by atoms with E-state index in [1.807, 2.05) is 24.3 Å². The van der Waals surface area contributed by atoms with Crippen LogP contribution in [0.15, 0.2) is 42.5 Å². The highest BCUT2D eigenvalue weighted by atomic mass is 35.5. The van der Waals surface area contributed by atoms with Gasteiger partial charge in [0, 0.05) is 23.2 Å². The number of rotatable bonds is 3. The second-order valence-electron chi connectivity index (χ2n) is 4.94. The monoisotopic (exact) mass is 273 g/mol. The standard InChI is InChI=1S/C16H16ClNO/c17-13-6-7-14-11(9-13)5-8-15(14)18-10-12-3-1-2-4-16(12)19/h1-4,6-7,9,15,18-19H,5,8,10H2. The van der Waals surface area contributed by atoms with Gasteiger partial charge in [-0.2, -0.15) is 0 Å². The Bertz CT molecular complexity index is 597. The lowest BCUT2D eigenvalue weighted by Gasteiger charge is -2.14. The van der Waals surface area contributed by atoms with E-state index in [0.29, 0.717) is 18.3 Å². The molecule has 1 atom stereocenters. The number of aromatic hydroxyl groups is 1. The zero-order chi connectivity index (χ0) is 13.2. The predicted octanol–water partition coefficient (Wildman–Crippen LogP) is 3.82. The first kappa shape index (κ1) is 12.5. The van der Waals surface area contributed by atoms with Crippen LogP contribution >= 0.6 is 11.6 Å². The Morgan fingerprint density at radius 3 is 2.89 bits per heavy atom. The minimum Gasteiger partial charge on any atom is -0.508 e. The van der Waals surface area contributed by atoms with Crippen molar-refractivity contribution in [3.05, 3.63) is 64.2 Å². The maximum atomic E-state index is 9.76. The molecule has 0 bridgehead atoms. The molecule has 2 aromatic rings. The van der Waals surface area contributed by atoms with E-state index >= 15 is 0 Å². The van der Waals surface area contributed by atoms with Crippen LogP contribution in [-0.4, -0.2) is 5.11 Å². The summed E-state index contributed by atoms with van der Waals surface area (Å²) in [6.45, 7) is 0.680. The molecule has 0 saturated carbocycles. The smallest absolute Gasteiger partial charge is 0.120 e. The lowest BCUT2D eigenvalue weighted by Crippen LogP contribution is -2.18. The quantitative estimate of drug-likeness (QED) is 0.891. The Balaban J connectivity index is 1.72. The summed E-state index contributed by atoms with van der Waals surface area (Å²) in [5.41, 5.74) is 3.60. The third kappa shape index (κ3) is 2.60. The minimum absolute atomic E-state index is 0.351. The van der Waals surface area contributed by atoms with E-state index in [-0.39, 0.29) is 0 Å². The van der Waals surface area contributed by atoms with Gasteiger partial charge in [0.2, 0.25) is 0 Å². The van der Waals surface area contributed by atoms with Crippen LogP contribution in [0.1, 0.15) is 29.2 Å². The molecule has 3 heteroatoms. The van der Waals surface area contributed by atoms with Crippen LogP contribution < -0.4 is 5.32 Å². The Morgan fingerprint density at radius 2 is 2.05 bits per heavy atom. The fourth-order valence-electron chi connectivity index (χ4n) is 2.69. The molecule has 0 saturated heterocycles. The van der Waals surface area contributed by atoms with E-state index < -0.39 is 0 Å². The second-order valence-corrected chi connectivity index (χ2v) is 5.38. The molecule has 0 radical (unpaired) electrons. The van der Waals surface area contributed by atoms with Crippen LogP contribution in [0.4, 0.5) is 0 Å². The number of phenolic OH excluding ortho intramolecular Hbond substituents is 1. The summed E-state index contributed by atoms with van der Waals surface area (Å²) in [7, 11) is 0. The van der Waals surface area contributed by atoms with Crippen LogP contribution in [0, 0.1) is 0 Å².